The van der Waals surface area contributed by atoms with E-state index in [1.54, 1.807) is 81.1 Å². The van der Waals surface area contributed by atoms with Crippen LogP contribution in [0.1, 0.15) is 47.9 Å². The van der Waals surface area contributed by atoms with Crippen LogP contribution in [-0.4, -0.2) is 109 Å². The standard InChI is InChI=1S/2C26H34O8/c2*1-29-20-10-17(11-21(15-20)30-2)9-19(7-8-25(27)33-5)24(26(28)34-6)14-18-12-22(31-3)16-23(13-18)32-4/h2*10-13,15-16,19,24H,7-9,14H2,1-6H3/t2*19-,24-/m10/s1. The molecule has 4 aromatic carbocycles. The fourth-order valence-corrected chi connectivity index (χ4v) is 7.94. The summed E-state index contributed by atoms with van der Waals surface area (Å²) in [4.78, 5) is 49.8. The van der Waals surface area contributed by atoms with Crippen molar-refractivity contribution >= 4 is 23.9 Å². The zero-order valence-corrected chi connectivity index (χ0v) is 41.4. The minimum atomic E-state index is -0.524. The number of carbonyl (C=O) groups is 4. The highest BCUT2D eigenvalue weighted by Gasteiger charge is 2.32. The summed E-state index contributed by atoms with van der Waals surface area (Å²) in [5.74, 6) is 2.22. The molecule has 0 heterocycles. The van der Waals surface area contributed by atoms with E-state index in [1.807, 2.05) is 48.5 Å². The predicted molar refractivity (Wildman–Crippen MR) is 253 cm³/mol. The molecule has 0 saturated carbocycles. The molecule has 0 saturated heterocycles. The molecule has 0 fully saturated rings. The van der Waals surface area contributed by atoms with Crippen LogP contribution in [0.15, 0.2) is 72.8 Å². The summed E-state index contributed by atoms with van der Waals surface area (Å²) >= 11 is 0. The maximum atomic E-state index is 13.0. The second kappa shape index (κ2) is 29.0. The minimum Gasteiger partial charge on any atom is -0.497 e. The van der Waals surface area contributed by atoms with E-state index in [1.165, 1.54) is 28.4 Å². The normalized spacial score (nSPS) is 12.3. The fourth-order valence-electron chi connectivity index (χ4n) is 7.94. The zero-order chi connectivity index (χ0) is 50.2. The Morgan fingerprint density at radius 2 is 0.544 bits per heavy atom. The van der Waals surface area contributed by atoms with Gasteiger partial charge in [-0.25, -0.2) is 0 Å². The van der Waals surface area contributed by atoms with Crippen molar-refractivity contribution in [3.05, 3.63) is 95.1 Å². The van der Waals surface area contributed by atoms with Crippen LogP contribution in [-0.2, 0) is 63.8 Å². The van der Waals surface area contributed by atoms with Gasteiger partial charge in [0.1, 0.15) is 46.0 Å². The highest BCUT2D eigenvalue weighted by molar-refractivity contribution is 5.74. The van der Waals surface area contributed by atoms with Crippen molar-refractivity contribution < 1.29 is 76.0 Å². The van der Waals surface area contributed by atoms with Gasteiger partial charge in [-0.2, -0.15) is 0 Å². The molecule has 0 aliphatic carbocycles. The molecule has 0 unspecified atom stereocenters. The molecule has 0 spiro atoms. The Labute approximate surface area is 400 Å². The van der Waals surface area contributed by atoms with Gasteiger partial charge in [-0.1, -0.05) is 0 Å². The van der Waals surface area contributed by atoms with Crippen LogP contribution < -0.4 is 37.9 Å². The molecule has 68 heavy (non-hydrogen) atoms. The number of benzene rings is 4. The predicted octanol–water partition coefficient (Wildman–Crippen LogP) is 7.73. The van der Waals surface area contributed by atoms with Gasteiger partial charge in [-0.05, 0) is 121 Å². The lowest BCUT2D eigenvalue weighted by Gasteiger charge is -2.26. The molecule has 0 radical (unpaired) electrons. The largest absolute Gasteiger partial charge is 0.497 e. The number of carbonyl (C=O) groups excluding carboxylic acids is 4. The lowest BCUT2D eigenvalue weighted by molar-refractivity contribution is -0.149. The summed E-state index contributed by atoms with van der Waals surface area (Å²) in [7, 11) is 18.1. The van der Waals surface area contributed by atoms with Gasteiger partial charge in [-0.3, -0.25) is 19.2 Å². The van der Waals surface area contributed by atoms with E-state index in [-0.39, 0.29) is 48.6 Å². The Bertz CT molecular complexity index is 1980. The van der Waals surface area contributed by atoms with Crippen molar-refractivity contribution in [3.63, 3.8) is 0 Å². The summed E-state index contributed by atoms with van der Waals surface area (Å²) < 4.78 is 63.1. The quantitative estimate of drug-likeness (QED) is 0.0441. The number of methoxy groups -OCH3 is 12. The molecule has 4 rings (SSSR count). The summed E-state index contributed by atoms with van der Waals surface area (Å²) in [6.07, 6.45) is 3.01. The topological polar surface area (TPSA) is 179 Å². The van der Waals surface area contributed by atoms with Crippen LogP contribution in [0, 0.1) is 23.7 Å². The van der Waals surface area contributed by atoms with Gasteiger partial charge in [0.05, 0.1) is 97.2 Å². The maximum absolute atomic E-state index is 13.0. The highest BCUT2D eigenvalue weighted by atomic mass is 16.5. The van der Waals surface area contributed by atoms with Crippen LogP contribution in [0.5, 0.6) is 46.0 Å². The van der Waals surface area contributed by atoms with Crippen LogP contribution in [0.4, 0.5) is 0 Å². The molecular weight excluding hydrogens is 881 g/mol. The smallest absolute Gasteiger partial charge is 0.309 e. The van der Waals surface area contributed by atoms with E-state index in [0.717, 1.165) is 22.3 Å². The number of esters is 4. The van der Waals surface area contributed by atoms with E-state index in [9.17, 15) is 19.2 Å². The fraction of sp³-hybridized carbons (Fsp3) is 0.462. The monoisotopic (exact) mass is 948 g/mol. The van der Waals surface area contributed by atoms with Gasteiger partial charge in [-0.15, -0.1) is 0 Å². The van der Waals surface area contributed by atoms with Crippen molar-refractivity contribution in [2.45, 2.75) is 51.4 Å². The lowest BCUT2D eigenvalue weighted by Crippen LogP contribution is -2.29. The van der Waals surface area contributed by atoms with Gasteiger partial charge in [0.2, 0.25) is 0 Å². The summed E-state index contributed by atoms with van der Waals surface area (Å²) in [5.41, 5.74) is 3.56. The highest BCUT2D eigenvalue weighted by Crippen LogP contribution is 2.35. The molecule has 4 aromatic rings. The van der Waals surface area contributed by atoms with Crippen LogP contribution in [0.3, 0.4) is 0 Å². The van der Waals surface area contributed by atoms with Gasteiger partial charge < -0.3 is 56.8 Å². The van der Waals surface area contributed by atoms with E-state index in [0.29, 0.717) is 84.5 Å². The molecule has 4 atom stereocenters. The molecule has 0 bridgehead atoms. The molecule has 0 aromatic heterocycles. The summed E-state index contributed by atoms with van der Waals surface area (Å²) in [5, 5.41) is 0. The minimum absolute atomic E-state index is 0.178. The van der Waals surface area contributed by atoms with E-state index < -0.39 is 11.8 Å². The number of hydrogen-bond donors (Lipinski definition) is 0. The number of ether oxygens (including phenoxy) is 12. The van der Waals surface area contributed by atoms with Crippen molar-refractivity contribution in [1.29, 1.82) is 0 Å². The van der Waals surface area contributed by atoms with Gasteiger partial charge in [0.25, 0.3) is 0 Å². The molecule has 372 valence electrons. The number of hydrogen-bond acceptors (Lipinski definition) is 16. The molecular formula is C52H68O16. The Morgan fingerprint density at radius 3 is 0.735 bits per heavy atom. The first kappa shape index (κ1) is 55.5. The van der Waals surface area contributed by atoms with E-state index >= 15 is 0 Å². The Balaban J connectivity index is 0.000000360. The molecule has 0 aliphatic rings. The maximum Gasteiger partial charge on any atom is 0.309 e. The average molecular weight is 949 g/mol. The summed E-state index contributed by atoms with van der Waals surface area (Å²) in [6.45, 7) is 0. The Morgan fingerprint density at radius 1 is 0.324 bits per heavy atom. The zero-order valence-electron chi connectivity index (χ0n) is 41.4. The Kier molecular flexibility index (Phi) is 23.7. The van der Waals surface area contributed by atoms with Crippen LogP contribution in [0.25, 0.3) is 0 Å². The third kappa shape index (κ3) is 17.4. The first-order chi connectivity index (χ1) is 32.7. The first-order valence-corrected chi connectivity index (χ1v) is 21.9. The molecule has 0 amide bonds. The summed E-state index contributed by atoms with van der Waals surface area (Å²) in [6, 6.07) is 22.2. The van der Waals surface area contributed by atoms with Gasteiger partial charge in [0.15, 0.2) is 0 Å². The second-order valence-corrected chi connectivity index (χ2v) is 15.7. The molecule has 0 aliphatic heterocycles. The average Bonchev–Trinajstić information content (AvgIpc) is 3.38. The first-order valence-electron chi connectivity index (χ1n) is 21.9. The van der Waals surface area contributed by atoms with Crippen LogP contribution in [0.2, 0.25) is 0 Å². The molecule has 0 N–H and O–H groups in total. The van der Waals surface area contributed by atoms with Crippen molar-refractivity contribution in [1.82, 2.24) is 0 Å². The third-order valence-electron chi connectivity index (χ3n) is 11.6. The number of rotatable bonds is 26. The van der Waals surface area contributed by atoms with Gasteiger partial charge in [0, 0.05) is 37.1 Å². The second-order valence-electron chi connectivity index (χ2n) is 15.7. The SMILES string of the molecule is COC(=O)CC[C@@H](Cc1cc(OC)cc(OC)c1)[C@H](Cc1cc(OC)cc(OC)c1)C(=O)OC.COC(=O)CC[C@H](Cc1cc(OC)cc(OC)c1)[C@@H](Cc1cc(OC)cc(OC)c1)C(=O)OC. The van der Waals surface area contributed by atoms with Gasteiger partial charge >= 0.3 is 23.9 Å². The lowest BCUT2D eigenvalue weighted by atomic mass is 9.80. The van der Waals surface area contributed by atoms with Crippen LogP contribution >= 0.6 is 0 Å². The molecule has 16 nitrogen and oxygen atoms in total. The van der Waals surface area contributed by atoms with Crippen molar-refractivity contribution in [2.75, 3.05) is 85.3 Å². The van der Waals surface area contributed by atoms with Crippen molar-refractivity contribution in [3.8, 4) is 46.0 Å². The third-order valence-corrected chi connectivity index (χ3v) is 11.6. The Hall–Kier alpha value is -6.84. The molecule has 16 heteroatoms. The van der Waals surface area contributed by atoms with E-state index in [2.05, 4.69) is 0 Å². The van der Waals surface area contributed by atoms with E-state index in [4.69, 9.17) is 56.8 Å². The van der Waals surface area contributed by atoms with Crippen molar-refractivity contribution in [2.24, 2.45) is 23.7 Å².